The molecule has 168 valence electrons. The average Bonchev–Trinajstić information content (AvgIpc) is 3.22. The second kappa shape index (κ2) is 6.77. The number of carbonyl (C=O) groups is 1. The smallest absolute Gasteiger partial charge is 0.343 e. The van der Waals surface area contributed by atoms with Crippen LogP contribution in [0.3, 0.4) is 0 Å². The number of para-hydroxylation sites is 2. The first-order valence-electron chi connectivity index (χ1n) is 11.6. The van der Waals surface area contributed by atoms with Gasteiger partial charge in [0.05, 0.1) is 16.4 Å². The average molecular weight is 444 g/mol. The summed E-state index contributed by atoms with van der Waals surface area (Å²) in [5.74, 6) is 1.49. The van der Waals surface area contributed by atoms with Crippen LogP contribution >= 0.6 is 0 Å². The Kier molecular flexibility index (Phi) is 3.91. The lowest BCUT2D eigenvalue weighted by molar-refractivity contribution is 0.0697. The molecular weight excluding hydrogens is 420 g/mol. The van der Waals surface area contributed by atoms with Gasteiger partial charge < -0.3 is 19.9 Å². The van der Waals surface area contributed by atoms with E-state index in [9.17, 15) is 14.7 Å². The van der Waals surface area contributed by atoms with Crippen molar-refractivity contribution in [3.8, 4) is 0 Å². The molecule has 33 heavy (non-hydrogen) atoms. The molecule has 1 saturated carbocycles. The number of nitrogens with zero attached hydrogens (tertiary/aromatic N) is 5. The molecule has 2 aliphatic heterocycles. The number of anilines is 1. The fraction of sp³-hybridized carbons (Fsp3) is 0.417. The highest BCUT2D eigenvalue weighted by atomic mass is 16.4. The molecule has 4 aromatic rings. The number of hydrogen-bond donors (Lipinski definition) is 2. The minimum atomic E-state index is -1.27. The maximum absolute atomic E-state index is 13.1. The molecule has 7 rings (SSSR count). The molecule has 2 saturated heterocycles. The van der Waals surface area contributed by atoms with Crippen molar-refractivity contribution in [3.05, 3.63) is 46.2 Å². The van der Waals surface area contributed by atoms with E-state index in [4.69, 9.17) is 4.98 Å². The third-order valence-electron chi connectivity index (χ3n) is 7.57. The van der Waals surface area contributed by atoms with E-state index in [0.717, 1.165) is 43.1 Å². The standard InChI is InChI=1S/C24H24N6O3/c31-20-16-7-25-24(29-11-14-9-28(8-13-5-6-13)10-15(14)12-29)27-21(16)30-18-4-2-1-3-17(18)26-22(30)19(20)23(32)33/h1-4,7,13-15,26H,5-6,8-12H2,(H,32,33). The molecule has 1 aromatic carbocycles. The van der Waals surface area contributed by atoms with Gasteiger partial charge in [-0.1, -0.05) is 12.1 Å². The maximum atomic E-state index is 13.1. The Morgan fingerprint density at radius 1 is 1.12 bits per heavy atom. The first kappa shape index (κ1) is 19.0. The normalized spacial score (nSPS) is 23.2. The lowest BCUT2D eigenvalue weighted by Gasteiger charge is -2.21. The quantitative estimate of drug-likeness (QED) is 0.497. The minimum absolute atomic E-state index is 0.216. The number of rotatable bonds is 4. The zero-order valence-electron chi connectivity index (χ0n) is 18.1. The van der Waals surface area contributed by atoms with Gasteiger partial charge in [-0.3, -0.25) is 9.20 Å². The molecule has 3 aliphatic rings. The van der Waals surface area contributed by atoms with Crippen molar-refractivity contribution in [2.45, 2.75) is 12.8 Å². The number of aromatic nitrogens is 4. The van der Waals surface area contributed by atoms with E-state index in [0.29, 0.717) is 23.4 Å². The van der Waals surface area contributed by atoms with Gasteiger partial charge in [0.2, 0.25) is 11.4 Å². The highest BCUT2D eigenvalue weighted by Gasteiger charge is 2.42. The molecule has 5 heterocycles. The van der Waals surface area contributed by atoms with Gasteiger partial charge in [0.25, 0.3) is 0 Å². The highest BCUT2D eigenvalue weighted by molar-refractivity contribution is 6.02. The minimum Gasteiger partial charge on any atom is -0.477 e. The van der Waals surface area contributed by atoms with Crippen LogP contribution in [0.25, 0.3) is 27.7 Å². The summed E-state index contributed by atoms with van der Waals surface area (Å²) in [6.45, 7) is 5.35. The van der Waals surface area contributed by atoms with Gasteiger partial charge in [0, 0.05) is 38.9 Å². The summed E-state index contributed by atoms with van der Waals surface area (Å²) in [6, 6.07) is 7.51. The Hall–Kier alpha value is -3.46. The molecule has 9 heteroatoms. The number of H-pyrrole nitrogens is 1. The fourth-order valence-corrected chi connectivity index (χ4v) is 5.83. The molecule has 0 amide bonds. The Morgan fingerprint density at radius 3 is 2.61 bits per heavy atom. The lowest BCUT2D eigenvalue weighted by atomic mass is 10.0. The van der Waals surface area contributed by atoms with Crippen molar-refractivity contribution in [2.24, 2.45) is 17.8 Å². The van der Waals surface area contributed by atoms with Gasteiger partial charge in [-0.2, -0.15) is 4.98 Å². The van der Waals surface area contributed by atoms with Gasteiger partial charge in [0.1, 0.15) is 11.2 Å². The predicted octanol–water partition coefficient (Wildman–Crippen LogP) is 2.20. The molecule has 0 radical (unpaired) electrons. The zero-order valence-corrected chi connectivity index (χ0v) is 18.1. The number of aromatic carboxylic acids is 1. The van der Waals surface area contributed by atoms with E-state index in [1.807, 2.05) is 24.3 Å². The third kappa shape index (κ3) is 2.88. The molecular formula is C24H24N6O3. The molecule has 0 spiro atoms. The van der Waals surface area contributed by atoms with Crippen LogP contribution in [-0.4, -0.2) is 68.1 Å². The fourth-order valence-electron chi connectivity index (χ4n) is 5.83. The molecule has 1 aliphatic carbocycles. The first-order valence-corrected chi connectivity index (χ1v) is 11.6. The molecule has 2 unspecified atom stereocenters. The van der Waals surface area contributed by atoms with Crippen molar-refractivity contribution in [1.29, 1.82) is 0 Å². The second-order valence-electron chi connectivity index (χ2n) is 9.83. The largest absolute Gasteiger partial charge is 0.477 e. The van der Waals surface area contributed by atoms with Crippen LogP contribution in [0, 0.1) is 17.8 Å². The van der Waals surface area contributed by atoms with Gasteiger partial charge in [-0.25, -0.2) is 9.78 Å². The summed E-state index contributed by atoms with van der Waals surface area (Å²) >= 11 is 0. The van der Waals surface area contributed by atoms with Crippen LogP contribution in [-0.2, 0) is 0 Å². The van der Waals surface area contributed by atoms with E-state index in [1.165, 1.54) is 25.6 Å². The van der Waals surface area contributed by atoms with Crippen molar-refractivity contribution >= 4 is 39.6 Å². The zero-order chi connectivity index (χ0) is 22.3. The van der Waals surface area contributed by atoms with Gasteiger partial charge >= 0.3 is 5.97 Å². The number of nitrogens with one attached hydrogen (secondary N) is 1. The van der Waals surface area contributed by atoms with Crippen molar-refractivity contribution in [1.82, 2.24) is 24.3 Å². The Labute approximate surface area is 188 Å². The Morgan fingerprint density at radius 2 is 1.88 bits per heavy atom. The number of carboxylic acid groups (broad SMARTS) is 1. The summed E-state index contributed by atoms with van der Waals surface area (Å²) in [7, 11) is 0. The summed E-state index contributed by atoms with van der Waals surface area (Å²) in [5.41, 5.74) is 1.36. The number of benzene rings is 1. The number of aromatic amines is 1. The molecule has 3 aromatic heterocycles. The third-order valence-corrected chi connectivity index (χ3v) is 7.57. The Balaban J connectivity index is 1.32. The first-order chi connectivity index (χ1) is 16.1. The number of imidazole rings is 1. The van der Waals surface area contributed by atoms with Crippen molar-refractivity contribution < 1.29 is 9.90 Å². The number of carboxylic acids is 1. The van der Waals surface area contributed by atoms with Crippen LogP contribution < -0.4 is 10.3 Å². The van der Waals surface area contributed by atoms with Crippen LogP contribution in [0.15, 0.2) is 35.3 Å². The summed E-state index contributed by atoms with van der Waals surface area (Å²) in [5, 5.41) is 9.98. The molecule has 0 bridgehead atoms. The van der Waals surface area contributed by atoms with Crippen LogP contribution in [0.1, 0.15) is 23.2 Å². The molecule has 2 atom stereocenters. The van der Waals surface area contributed by atoms with Crippen molar-refractivity contribution in [3.63, 3.8) is 0 Å². The second-order valence-corrected chi connectivity index (χ2v) is 9.83. The molecule has 3 fully saturated rings. The summed E-state index contributed by atoms with van der Waals surface area (Å²) in [6.07, 6.45) is 4.26. The summed E-state index contributed by atoms with van der Waals surface area (Å²) < 4.78 is 1.75. The number of fused-ring (bicyclic) bond motifs is 6. The van der Waals surface area contributed by atoms with E-state index >= 15 is 0 Å². The predicted molar refractivity (Wildman–Crippen MR) is 124 cm³/mol. The highest BCUT2D eigenvalue weighted by Crippen LogP contribution is 2.36. The van der Waals surface area contributed by atoms with Gasteiger partial charge in [0.15, 0.2) is 5.65 Å². The van der Waals surface area contributed by atoms with E-state index in [2.05, 4.69) is 19.8 Å². The topological polar surface area (TPSA) is 107 Å². The lowest BCUT2D eigenvalue weighted by Crippen LogP contribution is -2.31. The molecule has 9 nitrogen and oxygen atoms in total. The van der Waals surface area contributed by atoms with Crippen LogP contribution in [0.4, 0.5) is 5.95 Å². The van der Waals surface area contributed by atoms with Gasteiger partial charge in [-0.05, 0) is 42.7 Å². The Bertz CT molecular complexity index is 1490. The van der Waals surface area contributed by atoms with Crippen molar-refractivity contribution in [2.75, 3.05) is 37.6 Å². The van der Waals surface area contributed by atoms with E-state index < -0.39 is 11.4 Å². The van der Waals surface area contributed by atoms with E-state index in [1.54, 1.807) is 4.40 Å². The van der Waals surface area contributed by atoms with E-state index in [-0.39, 0.29) is 16.6 Å². The van der Waals surface area contributed by atoms with Crippen LogP contribution in [0.5, 0.6) is 0 Å². The number of pyridine rings is 1. The monoisotopic (exact) mass is 444 g/mol. The van der Waals surface area contributed by atoms with Gasteiger partial charge in [-0.15, -0.1) is 0 Å². The number of likely N-dealkylation sites (tertiary alicyclic amines) is 1. The molecule has 2 N–H and O–H groups in total. The maximum Gasteiger partial charge on any atom is 0.343 e. The summed E-state index contributed by atoms with van der Waals surface area (Å²) in [4.78, 5) is 42.3. The van der Waals surface area contributed by atoms with Crippen LogP contribution in [0.2, 0.25) is 0 Å². The number of hydrogen-bond acceptors (Lipinski definition) is 6. The SMILES string of the molecule is O=C(O)c1c(=O)c2cnc(N3CC4CN(CC5CC5)CC4C3)nc2n2c1[nH]c1ccccc12.